The number of rotatable bonds is 4. The zero-order valence-electron chi connectivity index (χ0n) is 10.6. The van der Waals surface area contributed by atoms with Crippen LogP contribution < -0.4 is 5.32 Å². The maximum Gasteiger partial charge on any atom is 0.419 e. The van der Waals surface area contributed by atoms with Gasteiger partial charge in [0.15, 0.2) is 11.7 Å². The Morgan fingerprint density at radius 2 is 2.05 bits per heavy atom. The molecule has 0 saturated heterocycles. The predicted molar refractivity (Wildman–Crippen MR) is 64.5 cm³/mol. The predicted octanol–water partition coefficient (Wildman–Crippen LogP) is 3.26. The van der Waals surface area contributed by atoms with Gasteiger partial charge < -0.3 is 9.73 Å². The second-order valence-corrected chi connectivity index (χ2v) is 4.16. The maximum absolute atomic E-state index is 13.2. The number of alkyl halides is 3. The van der Waals surface area contributed by atoms with E-state index in [9.17, 15) is 17.6 Å². The Morgan fingerprint density at radius 1 is 1.30 bits per heavy atom. The van der Waals surface area contributed by atoms with Crippen LogP contribution in [0.5, 0.6) is 0 Å². The van der Waals surface area contributed by atoms with E-state index in [-0.39, 0.29) is 11.3 Å². The molecule has 108 valence electrons. The van der Waals surface area contributed by atoms with Gasteiger partial charge in [-0.2, -0.15) is 13.2 Å². The van der Waals surface area contributed by atoms with Crippen molar-refractivity contribution in [2.75, 3.05) is 13.6 Å². The topological polar surface area (TPSA) is 38.1 Å². The van der Waals surface area contributed by atoms with Gasteiger partial charge in [0.1, 0.15) is 5.82 Å². The van der Waals surface area contributed by atoms with Crippen molar-refractivity contribution in [2.24, 2.45) is 0 Å². The summed E-state index contributed by atoms with van der Waals surface area (Å²) in [4.78, 5) is 3.96. The van der Waals surface area contributed by atoms with Gasteiger partial charge in [-0.3, -0.25) is 0 Å². The number of benzene rings is 1. The Morgan fingerprint density at radius 3 is 2.70 bits per heavy atom. The Hall–Kier alpha value is -1.89. The lowest BCUT2D eigenvalue weighted by molar-refractivity contribution is -0.139. The third-order valence-corrected chi connectivity index (χ3v) is 2.70. The van der Waals surface area contributed by atoms with E-state index in [0.717, 1.165) is 12.1 Å². The summed E-state index contributed by atoms with van der Waals surface area (Å²) in [5.41, 5.74) is -1.18. The Kier molecular flexibility index (Phi) is 4.08. The summed E-state index contributed by atoms with van der Waals surface area (Å²) in [6, 6.07) is 2.72. The maximum atomic E-state index is 13.2. The SMILES string of the molecule is CNCCc1ncc(-c2ccc(F)c(C(F)(F)F)c2)o1. The van der Waals surface area contributed by atoms with E-state index in [1.54, 1.807) is 7.05 Å². The van der Waals surface area contributed by atoms with Crippen molar-refractivity contribution in [1.82, 2.24) is 10.3 Å². The normalized spacial score (nSPS) is 11.8. The highest BCUT2D eigenvalue weighted by Gasteiger charge is 2.34. The smallest absolute Gasteiger partial charge is 0.419 e. The van der Waals surface area contributed by atoms with Crippen molar-refractivity contribution in [3.8, 4) is 11.3 Å². The first-order chi connectivity index (χ1) is 9.41. The zero-order chi connectivity index (χ0) is 14.8. The Balaban J connectivity index is 2.31. The lowest BCUT2D eigenvalue weighted by atomic mass is 10.1. The van der Waals surface area contributed by atoms with Crippen LogP contribution in [-0.2, 0) is 12.6 Å². The minimum atomic E-state index is -4.74. The molecule has 0 atom stereocenters. The summed E-state index contributed by atoms with van der Waals surface area (Å²) >= 11 is 0. The number of hydrogen-bond acceptors (Lipinski definition) is 3. The highest BCUT2D eigenvalue weighted by Crippen LogP contribution is 2.34. The second-order valence-electron chi connectivity index (χ2n) is 4.16. The molecule has 0 unspecified atom stereocenters. The fraction of sp³-hybridized carbons (Fsp3) is 0.308. The zero-order valence-corrected chi connectivity index (χ0v) is 10.6. The molecule has 0 fully saturated rings. The van der Waals surface area contributed by atoms with Gasteiger partial charge in [-0.05, 0) is 25.2 Å². The molecule has 3 nitrogen and oxygen atoms in total. The molecule has 0 radical (unpaired) electrons. The van der Waals surface area contributed by atoms with Crippen LogP contribution in [0, 0.1) is 5.82 Å². The minimum absolute atomic E-state index is 0.141. The molecule has 2 aromatic rings. The first-order valence-corrected chi connectivity index (χ1v) is 5.88. The van der Waals surface area contributed by atoms with Crippen molar-refractivity contribution in [3.63, 3.8) is 0 Å². The highest BCUT2D eigenvalue weighted by molar-refractivity contribution is 5.58. The fourth-order valence-electron chi connectivity index (χ4n) is 1.69. The lowest BCUT2D eigenvalue weighted by Crippen LogP contribution is -2.10. The molecule has 0 amide bonds. The standard InChI is InChI=1S/C13H12F4N2O/c1-18-5-4-12-19-7-11(20-12)8-2-3-10(14)9(6-8)13(15,16)17/h2-3,6-7,18H,4-5H2,1H3. The number of halogens is 4. The molecule has 1 aromatic carbocycles. The van der Waals surface area contributed by atoms with E-state index < -0.39 is 17.6 Å². The molecular formula is C13H12F4N2O. The van der Waals surface area contributed by atoms with Crippen molar-refractivity contribution in [2.45, 2.75) is 12.6 Å². The third kappa shape index (κ3) is 3.16. The van der Waals surface area contributed by atoms with Crippen LogP contribution in [0.4, 0.5) is 17.6 Å². The Labute approximate surface area is 112 Å². The number of nitrogens with zero attached hydrogens (tertiary/aromatic N) is 1. The Bertz CT molecular complexity index is 592. The van der Waals surface area contributed by atoms with E-state index in [0.29, 0.717) is 18.9 Å². The van der Waals surface area contributed by atoms with Crippen molar-refractivity contribution >= 4 is 0 Å². The molecule has 0 aliphatic carbocycles. The summed E-state index contributed by atoms with van der Waals surface area (Å²) < 4.78 is 56.4. The summed E-state index contributed by atoms with van der Waals surface area (Å²) in [5, 5.41) is 2.90. The molecule has 0 saturated carbocycles. The summed E-state index contributed by atoms with van der Waals surface area (Å²) in [6.45, 7) is 0.636. The molecule has 20 heavy (non-hydrogen) atoms. The van der Waals surface area contributed by atoms with Crippen LogP contribution in [0.2, 0.25) is 0 Å². The van der Waals surface area contributed by atoms with Crippen molar-refractivity contribution in [3.05, 3.63) is 41.7 Å². The van der Waals surface area contributed by atoms with Gasteiger partial charge in [-0.15, -0.1) is 0 Å². The van der Waals surface area contributed by atoms with Crippen LogP contribution in [-0.4, -0.2) is 18.6 Å². The molecule has 7 heteroatoms. The molecule has 2 rings (SSSR count). The van der Waals surface area contributed by atoms with E-state index in [1.165, 1.54) is 12.3 Å². The summed E-state index contributed by atoms with van der Waals surface area (Å²) in [6.07, 6.45) is -2.89. The van der Waals surface area contributed by atoms with Gasteiger partial charge in [0.25, 0.3) is 0 Å². The number of nitrogens with one attached hydrogen (secondary N) is 1. The van der Waals surface area contributed by atoms with Gasteiger partial charge in [-0.1, -0.05) is 0 Å². The number of hydrogen-bond donors (Lipinski definition) is 1. The van der Waals surface area contributed by atoms with E-state index >= 15 is 0 Å². The fourth-order valence-corrected chi connectivity index (χ4v) is 1.69. The summed E-state index contributed by atoms with van der Waals surface area (Å²) in [7, 11) is 1.76. The first-order valence-electron chi connectivity index (χ1n) is 5.88. The molecule has 0 spiro atoms. The first kappa shape index (κ1) is 14.5. The van der Waals surface area contributed by atoms with Crippen LogP contribution in [0.1, 0.15) is 11.5 Å². The molecule has 0 aliphatic rings. The monoisotopic (exact) mass is 288 g/mol. The van der Waals surface area contributed by atoms with Crippen LogP contribution in [0.15, 0.2) is 28.8 Å². The van der Waals surface area contributed by atoms with E-state index in [2.05, 4.69) is 10.3 Å². The van der Waals surface area contributed by atoms with Crippen LogP contribution in [0.3, 0.4) is 0 Å². The average molecular weight is 288 g/mol. The minimum Gasteiger partial charge on any atom is -0.441 e. The third-order valence-electron chi connectivity index (χ3n) is 2.70. The van der Waals surface area contributed by atoms with Crippen molar-refractivity contribution in [1.29, 1.82) is 0 Å². The van der Waals surface area contributed by atoms with Crippen molar-refractivity contribution < 1.29 is 22.0 Å². The van der Waals surface area contributed by atoms with E-state index in [1.807, 2.05) is 0 Å². The van der Waals surface area contributed by atoms with Gasteiger partial charge in [0, 0.05) is 18.5 Å². The molecule has 1 N–H and O–H groups in total. The molecule has 0 aliphatic heterocycles. The molecule has 0 bridgehead atoms. The quantitative estimate of drug-likeness (QED) is 0.878. The molecule has 1 heterocycles. The molecule has 1 aromatic heterocycles. The van der Waals surface area contributed by atoms with Gasteiger partial charge in [-0.25, -0.2) is 9.37 Å². The van der Waals surface area contributed by atoms with Crippen LogP contribution >= 0.6 is 0 Å². The largest absolute Gasteiger partial charge is 0.441 e. The van der Waals surface area contributed by atoms with Gasteiger partial charge >= 0.3 is 6.18 Å². The van der Waals surface area contributed by atoms with E-state index in [4.69, 9.17) is 4.42 Å². The van der Waals surface area contributed by atoms with Gasteiger partial charge in [0.05, 0.1) is 11.8 Å². The van der Waals surface area contributed by atoms with Gasteiger partial charge in [0.2, 0.25) is 0 Å². The lowest BCUT2D eigenvalue weighted by Gasteiger charge is -2.08. The summed E-state index contributed by atoms with van der Waals surface area (Å²) in [5.74, 6) is -0.718. The van der Waals surface area contributed by atoms with Crippen LogP contribution in [0.25, 0.3) is 11.3 Å². The molecular weight excluding hydrogens is 276 g/mol. The highest BCUT2D eigenvalue weighted by atomic mass is 19.4. The average Bonchev–Trinajstić information content (AvgIpc) is 2.84. The number of aromatic nitrogens is 1. The number of oxazole rings is 1. The second kappa shape index (κ2) is 5.62. The number of likely N-dealkylation sites (N-methyl/N-ethyl adjacent to an activating group) is 1.